The van der Waals surface area contributed by atoms with Gasteiger partial charge in [-0.25, -0.2) is 8.42 Å². The Labute approximate surface area is 186 Å². The van der Waals surface area contributed by atoms with Gasteiger partial charge < -0.3 is 14.3 Å². The van der Waals surface area contributed by atoms with E-state index in [0.717, 1.165) is 5.56 Å². The van der Waals surface area contributed by atoms with Crippen LogP contribution in [0.2, 0.25) is 0 Å². The Kier molecular flexibility index (Phi) is 6.29. The molecule has 0 radical (unpaired) electrons. The van der Waals surface area contributed by atoms with E-state index in [2.05, 4.69) is 10.5 Å². The van der Waals surface area contributed by atoms with Crippen molar-refractivity contribution in [3.05, 3.63) is 65.4 Å². The number of amides is 1. The van der Waals surface area contributed by atoms with Crippen LogP contribution in [0.15, 0.2) is 56.5 Å². The van der Waals surface area contributed by atoms with Crippen molar-refractivity contribution in [2.75, 3.05) is 18.4 Å². The molecule has 3 aromatic rings. The Hall–Kier alpha value is -3.17. The minimum absolute atomic E-state index is 0.0139. The lowest BCUT2D eigenvalue weighted by atomic mass is 9.98. The quantitative estimate of drug-likeness (QED) is 0.600. The molecule has 1 fully saturated rings. The van der Waals surface area contributed by atoms with Gasteiger partial charge in [-0.15, -0.1) is 0 Å². The average molecular weight is 456 g/mol. The summed E-state index contributed by atoms with van der Waals surface area (Å²) < 4.78 is 38.8. The topological polar surface area (TPSA) is 106 Å². The molecule has 0 spiro atoms. The van der Waals surface area contributed by atoms with Gasteiger partial charge in [0.2, 0.25) is 15.9 Å². The lowest BCUT2D eigenvalue weighted by Gasteiger charge is -2.31. The summed E-state index contributed by atoms with van der Waals surface area (Å²) in [5, 5.41) is 6.76. The molecular weight excluding hydrogens is 430 g/mol. The maximum Gasteiger partial charge on any atom is 0.248 e. The zero-order valence-electron chi connectivity index (χ0n) is 17.9. The molecule has 1 saturated heterocycles. The van der Waals surface area contributed by atoms with Crippen LogP contribution < -0.4 is 5.32 Å². The molecular formula is C23H25N3O5S. The van der Waals surface area contributed by atoms with E-state index in [0.29, 0.717) is 30.8 Å². The van der Waals surface area contributed by atoms with Crippen molar-refractivity contribution >= 4 is 33.8 Å². The molecule has 1 atom stereocenters. The molecule has 8 nitrogen and oxygen atoms in total. The first kappa shape index (κ1) is 22.0. The maximum absolute atomic E-state index is 13.5. The van der Waals surface area contributed by atoms with Crippen LogP contribution in [0.5, 0.6) is 0 Å². The maximum atomic E-state index is 13.5. The molecule has 168 valence electrons. The molecule has 3 heterocycles. The van der Waals surface area contributed by atoms with Gasteiger partial charge in [-0.2, -0.15) is 4.31 Å². The minimum atomic E-state index is -3.90. The number of furan rings is 1. The first-order chi connectivity index (χ1) is 15.3. The van der Waals surface area contributed by atoms with Gasteiger partial charge in [-0.1, -0.05) is 17.3 Å². The summed E-state index contributed by atoms with van der Waals surface area (Å²) in [5.74, 6) is 0.0651. The Morgan fingerprint density at radius 2 is 2.06 bits per heavy atom. The van der Waals surface area contributed by atoms with E-state index in [1.807, 2.05) is 31.2 Å². The van der Waals surface area contributed by atoms with Crippen molar-refractivity contribution in [2.45, 2.75) is 31.6 Å². The SMILES string of the molecule is Cc1cccc(NC(=O)C2CCCN(S(=O)(=O)c3c(C)noc3C=Cc3ccco3)C2)c1. The van der Waals surface area contributed by atoms with Crippen molar-refractivity contribution in [3.8, 4) is 0 Å². The van der Waals surface area contributed by atoms with E-state index >= 15 is 0 Å². The Balaban J connectivity index is 1.53. The third-order valence-electron chi connectivity index (χ3n) is 5.41. The molecule has 0 saturated carbocycles. The smallest absolute Gasteiger partial charge is 0.248 e. The van der Waals surface area contributed by atoms with Crippen molar-refractivity contribution in [1.29, 1.82) is 0 Å². The summed E-state index contributed by atoms with van der Waals surface area (Å²) in [6.07, 6.45) is 5.88. The highest BCUT2D eigenvalue weighted by Gasteiger charge is 2.37. The van der Waals surface area contributed by atoms with Gasteiger partial charge in [-0.05, 0) is 68.7 Å². The van der Waals surface area contributed by atoms with Gasteiger partial charge in [0.25, 0.3) is 0 Å². The van der Waals surface area contributed by atoms with E-state index in [-0.39, 0.29) is 28.8 Å². The van der Waals surface area contributed by atoms with E-state index < -0.39 is 15.9 Å². The normalized spacial score (nSPS) is 17.6. The molecule has 1 aliphatic rings. The molecule has 9 heteroatoms. The fourth-order valence-electron chi connectivity index (χ4n) is 3.81. The van der Waals surface area contributed by atoms with Crippen molar-refractivity contribution in [3.63, 3.8) is 0 Å². The van der Waals surface area contributed by atoms with Gasteiger partial charge in [0, 0.05) is 18.8 Å². The zero-order chi connectivity index (χ0) is 22.7. The predicted molar refractivity (Wildman–Crippen MR) is 120 cm³/mol. The number of benzene rings is 1. The zero-order valence-corrected chi connectivity index (χ0v) is 18.8. The van der Waals surface area contributed by atoms with Crippen LogP contribution in [0, 0.1) is 19.8 Å². The summed E-state index contributed by atoms with van der Waals surface area (Å²) >= 11 is 0. The van der Waals surface area contributed by atoms with Crippen LogP contribution in [-0.4, -0.2) is 36.9 Å². The number of hydrogen-bond acceptors (Lipinski definition) is 6. The van der Waals surface area contributed by atoms with Crippen LogP contribution in [0.3, 0.4) is 0 Å². The average Bonchev–Trinajstić information content (AvgIpc) is 3.42. The predicted octanol–water partition coefficient (Wildman–Crippen LogP) is 4.09. The van der Waals surface area contributed by atoms with E-state index in [1.54, 1.807) is 25.1 Å². The number of nitrogens with one attached hydrogen (secondary N) is 1. The number of piperidine rings is 1. The molecule has 0 aliphatic carbocycles. The number of rotatable bonds is 6. The second-order valence-electron chi connectivity index (χ2n) is 7.87. The second-order valence-corrected chi connectivity index (χ2v) is 9.75. The number of hydrogen-bond donors (Lipinski definition) is 1. The summed E-state index contributed by atoms with van der Waals surface area (Å²) in [7, 11) is -3.90. The first-order valence-corrected chi connectivity index (χ1v) is 11.8. The minimum Gasteiger partial charge on any atom is -0.465 e. The Morgan fingerprint density at radius 3 is 2.81 bits per heavy atom. The molecule has 4 rings (SSSR count). The van der Waals surface area contributed by atoms with Gasteiger partial charge in [0.15, 0.2) is 10.7 Å². The Morgan fingerprint density at radius 1 is 1.22 bits per heavy atom. The molecule has 2 aromatic heterocycles. The van der Waals surface area contributed by atoms with Gasteiger partial charge >= 0.3 is 0 Å². The Bertz CT molecular complexity index is 1230. The van der Waals surface area contributed by atoms with Crippen molar-refractivity contribution in [2.24, 2.45) is 5.92 Å². The molecule has 1 aliphatic heterocycles. The highest BCUT2D eigenvalue weighted by atomic mass is 32.2. The molecule has 1 aromatic carbocycles. The monoisotopic (exact) mass is 455 g/mol. The molecule has 1 N–H and O–H groups in total. The van der Waals surface area contributed by atoms with Crippen molar-refractivity contribution < 1.29 is 22.2 Å². The highest BCUT2D eigenvalue weighted by molar-refractivity contribution is 7.89. The number of aryl methyl sites for hydroxylation is 2. The summed E-state index contributed by atoms with van der Waals surface area (Å²) in [6.45, 7) is 3.98. The highest BCUT2D eigenvalue weighted by Crippen LogP contribution is 2.29. The van der Waals surface area contributed by atoms with Crippen LogP contribution in [0.25, 0.3) is 12.2 Å². The van der Waals surface area contributed by atoms with Gasteiger partial charge in [-0.3, -0.25) is 4.79 Å². The van der Waals surface area contributed by atoms with Crippen LogP contribution in [-0.2, 0) is 14.8 Å². The van der Waals surface area contributed by atoms with E-state index in [1.165, 1.54) is 16.6 Å². The van der Waals surface area contributed by atoms with Crippen LogP contribution in [0.4, 0.5) is 5.69 Å². The number of carbonyl (C=O) groups excluding carboxylic acids is 1. The van der Waals surface area contributed by atoms with Crippen LogP contribution in [0.1, 0.15) is 35.6 Å². The third-order valence-corrected chi connectivity index (χ3v) is 7.44. The fraction of sp³-hybridized carbons (Fsp3) is 0.304. The lowest BCUT2D eigenvalue weighted by molar-refractivity contribution is -0.120. The first-order valence-electron chi connectivity index (χ1n) is 10.4. The standard InChI is InChI=1S/C23H25N3O5S/c1-16-6-3-8-19(14-16)24-23(27)18-7-4-12-26(15-18)32(28,29)22-17(2)25-31-21(22)11-10-20-9-5-13-30-20/h3,5-6,8-11,13-14,18H,4,7,12,15H2,1-2H3,(H,24,27). The molecule has 1 amide bonds. The second kappa shape index (κ2) is 9.13. The number of nitrogens with zero attached hydrogens (tertiary/aromatic N) is 2. The molecule has 1 unspecified atom stereocenters. The van der Waals surface area contributed by atoms with E-state index in [4.69, 9.17) is 8.94 Å². The third kappa shape index (κ3) is 4.68. The number of sulfonamides is 1. The largest absolute Gasteiger partial charge is 0.465 e. The number of aromatic nitrogens is 1. The van der Waals surface area contributed by atoms with Gasteiger partial charge in [0.1, 0.15) is 11.5 Å². The number of anilines is 1. The van der Waals surface area contributed by atoms with Crippen LogP contribution >= 0.6 is 0 Å². The van der Waals surface area contributed by atoms with E-state index in [9.17, 15) is 13.2 Å². The summed E-state index contributed by atoms with van der Waals surface area (Å²) in [5.41, 5.74) is 2.01. The number of carbonyl (C=O) groups is 1. The summed E-state index contributed by atoms with van der Waals surface area (Å²) in [4.78, 5) is 12.8. The lowest BCUT2D eigenvalue weighted by Crippen LogP contribution is -2.43. The van der Waals surface area contributed by atoms with Gasteiger partial charge in [0.05, 0.1) is 12.2 Å². The fourth-order valence-corrected chi connectivity index (χ4v) is 5.59. The molecule has 0 bridgehead atoms. The molecule has 32 heavy (non-hydrogen) atoms. The summed E-state index contributed by atoms with van der Waals surface area (Å²) in [6, 6.07) is 11.0. The van der Waals surface area contributed by atoms with Crippen molar-refractivity contribution in [1.82, 2.24) is 9.46 Å².